The third-order valence-electron chi connectivity index (χ3n) is 18.6. The Kier molecular flexibility index (Phi) is 8.18. The summed E-state index contributed by atoms with van der Waals surface area (Å²) < 4.78 is 13.0. The van der Waals surface area contributed by atoms with Crippen molar-refractivity contribution in [2.45, 2.75) is 77.0 Å². The van der Waals surface area contributed by atoms with E-state index in [0.29, 0.717) is 0 Å². The Morgan fingerprint density at radius 1 is 0.280 bits per heavy atom. The summed E-state index contributed by atoms with van der Waals surface area (Å²) in [5.41, 5.74) is 30.2. The van der Waals surface area contributed by atoms with Gasteiger partial charge in [0.15, 0.2) is 0 Å². The van der Waals surface area contributed by atoms with Gasteiger partial charge in [-0.3, -0.25) is 0 Å². The molecule has 0 N–H and O–H groups in total. The lowest BCUT2D eigenvalue weighted by Crippen LogP contribution is -2.18. The van der Waals surface area contributed by atoms with E-state index >= 15 is 0 Å². The van der Waals surface area contributed by atoms with Crippen molar-refractivity contribution in [2.75, 3.05) is 4.90 Å². The van der Waals surface area contributed by atoms with Crippen molar-refractivity contribution in [2.24, 2.45) is 0 Å². The van der Waals surface area contributed by atoms with Crippen LogP contribution in [-0.2, 0) is 21.7 Å². The van der Waals surface area contributed by atoms with E-state index in [1.807, 2.05) is 0 Å². The van der Waals surface area contributed by atoms with E-state index in [1.54, 1.807) is 0 Å². The number of fused-ring (bicyclic) bond motifs is 20. The largest absolute Gasteiger partial charge is 0.456 e. The van der Waals surface area contributed by atoms with Gasteiger partial charge in [-0.15, -0.1) is 0 Å². The van der Waals surface area contributed by atoms with Gasteiger partial charge in [-0.05, 0) is 185 Å². The molecule has 0 atom stereocenters. The average Bonchev–Trinajstić information content (AvgIpc) is 4.40. The molecule has 75 heavy (non-hydrogen) atoms. The summed E-state index contributed by atoms with van der Waals surface area (Å²) in [6.07, 6.45) is 0. The first kappa shape index (κ1) is 43.0. The van der Waals surface area contributed by atoms with E-state index in [9.17, 15) is 0 Å². The molecule has 4 aliphatic carbocycles. The van der Waals surface area contributed by atoms with Crippen molar-refractivity contribution in [1.29, 1.82) is 0 Å². The third-order valence-corrected chi connectivity index (χ3v) is 18.6. The maximum absolute atomic E-state index is 6.49. The molecule has 3 nitrogen and oxygen atoms in total. The Labute approximate surface area is 437 Å². The lowest BCUT2D eigenvalue weighted by molar-refractivity contribution is 0.650. The number of rotatable bonds is 4. The van der Waals surface area contributed by atoms with Crippen LogP contribution in [0.15, 0.2) is 197 Å². The molecule has 2 heterocycles. The van der Waals surface area contributed by atoms with Crippen molar-refractivity contribution in [1.82, 2.24) is 0 Å². The number of nitrogens with zero attached hydrogens (tertiary/aromatic N) is 1. The smallest absolute Gasteiger partial charge is 0.136 e. The number of hydrogen-bond acceptors (Lipinski definition) is 3. The van der Waals surface area contributed by atoms with Crippen molar-refractivity contribution in [3.05, 3.63) is 233 Å². The Hall–Kier alpha value is -8.40. The van der Waals surface area contributed by atoms with Gasteiger partial charge in [0.2, 0.25) is 0 Å². The van der Waals surface area contributed by atoms with Gasteiger partial charge < -0.3 is 13.7 Å². The summed E-state index contributed by atoms with van der Waals surface area (Å²) in [7, 11) is 0. The van der Waals surface area contributed by atoms with E-state index < -0.39 is 0 Å². The summed E-state index contributed by atoms with van der Waals surface area (Å²) in [5, 5.41) is 4.81. The van der Waals surface area contributed by atoms with Crippen LogP contribution in [0.2, 0.25) is 0 Å². The first-order valence-corrected chi connectivity index (χ1v) is 26.7. The molecule has 0 unspecified atom stereocenters. The van der Waals surface area contributed by atoms with Crippen molar-refractivity contribution in [3.8, 4) is 55.6 Å². The lowest BCUT2D eigenvalue weighted by atomic mass is 9.79. The summed E-state index contributed by atoms with van der Waals surface area (Å²) in [6.45, 7) is 19.3. The molecular formula is C72H55NO2. The molecule has 10 aromatic carbocycles. The molecule has 0 bridgehead atoms. The van der Waals surface area contributed by atoms with E-state index in [-0.39, 0.29) is 21.7 Å². The zero-order chi connectivity index (χ0) is 50.7. The van der Waals surface area contributed by atoms with Crippen LogP contribution in [0.1, 0.15) is 99.9 Å². The third kappa shape index (κ3) is 5.50. The number of anilines is 3. The average molecular weight is 966 g/mol. The van der Waals surface area contributed by atoms with Gasteiger partial charge in [0.05, 0.1) is 0 Å². The Morgan fingerprint density at radius 2 is 0.680 bits per heavy atom. The fourth-order valence-electron chi connectivity index (χ4n) is 14.7. The number of hydrogen-bond donors (Lipinski definition) is 0. The molecular weight excluding hydrogens is 911 g/mol. The van der Waals surface area contributed by atoms with E-state index in [2.05, 4.69) is 248 Å². The minimum atomic E-state index is -0.269. The molecule has 0 amide bonds. The number of benzene rings is 10. The Balaban J connectivity index is 0.851. The highest BCUT2D eigenvalue weighted by atomic mass is 16.3. The minimum Gasteiger partial charge on any atom is -0.456 e. The summed E-state index contributed by atoms with van der Waals surface area (Å²) in [6, 6.07) is 70.6. The summed E-state index contributed by atoms with van der Waals surface area (Å²) >= 11 is 0. The summed E-state index contributed by atoms with van der Waals surface area (Å²) in [5.74, 6) is 0. The molecule has 0 radical (unpaired) electrons. The molecule has 0 fully saturated rings. The maximum Gasteiger partial charge on any atom is 0.136 e. The molecule has 0 saturated carbocycles. The highest BCUT2D eigenvalue weighted by molar-refractivity contribution is 6.17. The molecule has 360 valence electrons. The SMILES string of the molecule is CC1(C)c2cc(N(c3cccc(-c4ccccc4)c3)c3ccc4c(c3)C(C)(C)c3cc5c(cc3-4)C(C)(C)c3ccc4oc6ccccc6c4c3-5)ccc2-c2cc3c(cc21)-c1c(ccc2oc4ccccc4c12)C3(C)C. The van der Waals surface area contributed by atoms with Crippen LogP contribution in [0, 0.1) is 0 Å². The quantitative estimate of drug-likeness (QED) is 0.176. The maximum atomic E-state index is 6.49. The van der Waals surface area contributed by atoms with Gasteiger partial charge in [-0.2, -0.15) is 0 Å². The zero-order valence-corrected chi connectivity index (χ0v) is 43.7. The van der Waals surface area contributed by atoms with Crippen molar-refractivity contribution < 1.29 is 8.83 Å². The number of furan rings is 2. The van der Waals surface area contributed by atoms with Crippen LogP contribution in [0.5, 0.6) is 0 Å². The second kappa shape index (κ2) is 14.3. The van der Waals surface area contributed by atoms with Crippen molar-refractivity contribution >= 4 is 60.9 Å². The fourth-order valence-corrected chi connectivity index (χ4v) is 14.7. The Morgan fingerprint density at radius 3 is 1.19 bits per heavy atom. The zero-order valence-electron chi connectivity index (χ0n) is 43.7. The second-order valence-corrected chi connectivity index (χ2v) is 24.0. The van der Waals surface area contributed by atoms with E-state index in [0.717, 1.165) is 39.4 Å². The molecule has 3 heteroatoms. The predicted molar refractivity (Wildman–Crippen MR) is 311 cm³/mol. The lowest BCUT2D eigenvalue weighted by Gasteiger charge is -2.30. The van der Waals surface area contributed by atoms with Crippen LogP contribution in [0.3, 0.4) is 0 Å². The van der Waals surface area contributed by atoms with Crippen LogP contribution in [0.25, 0.3) is 99.5 Å². The van der Waals surface area contributed by atoms with Gasteiger partial charge in [-0.25, -0.2) is 0 Å². The summed E-state index contributed by atoms with van der Waals surface area (Å²) in [4.78, 5) is 2.51. The minimum absolute atomic E-state index is 0.178. The number of para-hydroxylation sites is 2. The van der Waals surface area contributed by atoms with Gasteiger partial charge >= 0.3 is 0 Å². The van der Waals surface area contributed by atoms with Gasteiger partial charge in [0.1, 0.15) is 22.3 Å². The van der Waals surface area contributed by atoms with Gasteiger partial charge in [0.25, 0.3) is 0 Å². The van der Waals surface area contributed by atoms with E-state index in [4.69, 9.17) is 8.83 Å². The van der Waals surface area contributed by atoms with Crippen LogP contribution < -0.4 is 4.90 Å². The molecule has 0 aliphatic heterocycles. The fraction of sp³-hybridized carbons (Fsp3) is 0.167. The van der Waals surface area contributed by atoms with Crippen LogP contribution >= 0.6 is 0 Å². The molecule has 2 aromatic heterocycles. The van der Waals surface area contributed by atoms with Crippen molar-refractivity contribution in [3.63, 3.8) is 0 Å². The predicted octanol–water partition coefficient (Wildman–Crippen LogP) is 19.8. The van der Waals surface area contributed by atoms with Gasteiger partial charge in [0, 0.05) is 60.3 Å². The monoisotopic (exact) mass is 965 g/mol. The van der Waals surface area contributed by atoms with Crippen LogP contribution in [0.4, 0.5) is 17.1 Å². The molecule has 4 aliphatic rings. The van der Waals surface area contributed by atoms with Gasteiger partial charge in [-0.1, -0.05) is 159 Å². The van der Waals surface area contributed by atoms with E-state index in [1.165, 1.54) is 122 Å². The Bertz CT molecular complexity index is 4280. The molecule has 0 saturated heterocycles. The van der Waals surface area contributed by atoms with Crippen LogP contribution in [-0.4, -0.2) is 0 Å². The second-order valence-electron chi connectivity index (χ2n) is 24.0. The standard InChI is InChI=1S/C72H55NO2/c1-69(2)53-29-31-63-67(47-21-12-14-23-61(47)74-63)65(53)51-38-57-49(36-59(51)69)45-27-25-43(34-55(45)71(57,5)6)73(42-20-16-19-41(33-42)40-17-10-9-11-18-40)44-26-28-46-50-37-60-52(39-58(50)72(7,8)56(46)35-44)66-54(70(60,3)4)30-32-64-68(66)48-22-13-15-24-62(48)75-64/h9-39H,1-8H3. The topological polar surface area (TPSA) is 29.5 Å². The highest BCUT2D eigenvalue weighted by Crippen LogP contribution is 2.61. The first-order chi connectivity index (χ1) is 36.2. The highest BCUT2D eigenvalue weighted by Gasteiger charge is 2.45. The molecule has 16 rings (SSSR count). The first-order valence-electron chi connectivity index (χ1n) is 26.7. The normalized spacial score (nSPS) is 16.2. The molecule has 12 aromatic rings. The molecule has 0 spiro atoms.